The smallest absolute Gasteiger partial charge is 0.337 e. The monoisotopic (exact) mass is 556 g/mol. The van der Waals surface area contributed by atoms with Gasteiger partial charge < -0.3 is 19.6 Å². The number of aryl methyl sites for hydroxylation is 2. The molecule has 0 aliphatic carbocycles. The van der Waals surface area contributed by atoms with E-state index in [1.807, 2.05) is 52.9 Å². The van der Waals surface area contributed by atoms with Crippen LogP contribution in [0.15, 0.2) is 42.6 Å². The van der Waals surface area contributed by atoms with Crippen LogP contribution in [0.3, 0.4) is 0 Å². The molecule has 2 aromatic heterocycles. The summed E-state index contributed by atoms with van der Waals surface area (Å²) in [6, 6.07) is 12.7. The Morgan fingerprint density at radius 3 is 2.37 bits per heavy atom. The molecule has 1 unspecified atom stereocenters. The molecule has 0 bridgehead atoms. The van der Waals surface area contributed by atoms with E-state index in [9.17, 15) is 9.90 Å². The predicted molar refractivity (Wildman–Crippen MR) is 165 cm³/mol. The van der Waals surface area contributed by atoms with E-state index >= 15 is 0 Å². The van der Waals surface area contributed by atoms with Gasteiger partial charge in [0.05, 0.1) is 11.3 Å². The van der Waals surface area contributed by atoms with Crippen molar-refractivity contribution in [2.45, 2.75) is 86.0 Å². The van der Waals surface area contributed by atoms with Gasteiger partial charge in [-0.15, -0.1) is 0 Å². The van der Waals surface area contributed by atoms with Gasteiger partial charge in [0, 0.05) is 54.9 Å². The van der Waals surface area contributed by atoms with Crippen LogP contribution < -0.4 is 9.80 Å². The molecule has 1 fully saturated rings. The van der Waals surface area contributed by atoms with E-state index in [1.54, 1.807) is 0 Å². The molecule has 0 radical (unpaired) electrons. The molecular formula is C34H44N4O3. The lowest BCUT2D eigenvalue weighted by Crippen LogP contribution is -2.39. The number of carbonyl (C=O) groups is 1. The Morgan fingerprint density at radius 1 is 1.00 bits per heavy atom. The maximum atomic E-state index is 12.8. The minimum atomic E-state index is -1.11. The second kappa shape index (κ2) is 11.1. The van der Waals surface area contributed by atoms with Gasteiger partial charge in [-0.05, 0) is 88.1 Å². The van der Waals surface area contributed by atoms with Crippen molar-refractivity contribution in [1.29, 1.82) is 0 Å². The number of fused-ring (bicyclic) bond motifs is 1. The molecule has 1 saturated heterocycles. The van der Waals surface area contributed by atoms with E-state index in [0.717, 1.165) is 73.8 Å². The number of ether oxygens (including phenoxy) is 1. The fourth-order valence-corrected chi connectivity index (χ4v) is 6.20. The van der Waals surface area contributed by atoms with Crippen molar-refractivity contribution >= 4 is 17.5 Å². The van der Waals surface area contributed by atoms with Gasteiger partial charge in [-0.1, -0.05) is 38.1 Å². The third kappa shape index (κ3) is 6.25. The highest BCUT2D eigenvalue weighted by atomic mass is 16.5. The zero-order chi connectivity index (χ0) is 29.5. The first-order valence-electron chi connectivity index (χ1n) is 14.8. The van der Waals surface area contributed by atoms with Crippen LogP contribution in [-0.2, 0) is 22.5 Å². The summed E-state index contributed by atoms with van der Waals surface area (Å²) < 4.78 is 6.24. The fraction of sp³-hybridized carbons (Fsp3) is 0.500. The summed E-state index contributed by atoms with van der Waals surface area (Å²) in [6.07, 6.45) is 3.73. The number of carboxylic acid groups (broad SMARTS) is 1. The Hall–Kier alpha value is -3.45. The van der Waals surface area contributed by atoms with Gasteiger partial charge in [-0.25, -0.2) is 9.78 Å². The van der Waals surface area contributed by atoms with E-state index in [0.29, 0.717) is 11.3 Å². The number of nitrogens with zero attached hydrogens (tertiary/aromatic N) is 4. The highest BCUT2D eigenvalue weighted by Gasteiger charge is 2.36. The van der Waals surface area contributed by atoms with Gasteiger partial charge in [-0.3, -0.25) is 4.98 Å². The molecular weight excluding hydrogens is 512 g/mol. The van der Waals surface area contributed by atoms with E-state index in [2.05, 4.69) is 52.9 Å². The van der Waals surface area contributed by atoms with Crippen molar-refractivity contribution in [1.82, 2.24) is 9.97 Å². The molecule has 1 N–H and O–H groups in total. The number of piperidine rings is 1. The summed E-state index contributed by atoms with van der Waals surface area (Å²) in [6.45, 7) is 17.8. The minimum absolute atomic E-state index is 0.257. The van der Waals surface area contributed by atoms with Crippen molar-refractivity contribution in [3.8, 4) is 11.1 Å². The standard InChI is InChI=1S/C34H44N4O3/c1-22-28(25-11-12-26-21-38(17-13-24(26)20-25)27-10-8-9-16-35-27)30(37-18-14-34(6,7)15-19-37)29(23(2)36-22)31(32(39)40)41-33(3,4)5/h8-12,16,20,31H,13-15,17-19,21H2,1-7H3,(H,39,40). The summed E-state index contributed by atoms with van der Waals surface area (Å²) in [5.74, 6) is 0.0117. The number of benzene rings is 1. The quantitative estimate of drug-likeness (QED) is 0.354. The van der Waals surface area contributed by atoms with Gasteiger partial charge >= 0.3 is 5.97 Å². The molecule has 2 aliphatic rings. The molecule has 0 spiro atoms. The van der Waals surface area contributed by atoms with Crippen LogP contribution >= 0.6 is 0 Å². The number of aliphatic carboxylic acids is 1. The number of pyridine rings is 2. The molecule has 4 heterocycles. The predicted octanol–water partition coefficient (Wildman–Crippen LogP) is 6.89. The highest BCUT2D eigenvalue weighted by Crippen LogP contribution is 2.45. The summed E-state index contributed by atoms with van der Waals surface area (Å²) in [7, 11) is 0. The van der Waals surface area contributed by atoms with E-state index in [4.69, 9.17) is 9.72 Å². The molecule has 2 aliphatic heterocycles. The van der Waals surface area contributed by atoms with Crippen LogP contribution in [0.25, 0.3) is 11.1 Å². The molecule has 218 valence electrons. The van der Waals surface area contributed by atoms with Crippen LogP contribution in [-0.4, -0.2) is 46.3 Å². The van der Waals surface area contributed by atoms with Crippen molar-refractivity contribution in [3.63, 3.8) is 0 Å². The molecule has 0 saturated carbocycles. The second-order valence-electron chi connectivity index (χ2n) is 13.4. The number of carboxylic acids is 1. The topological polar surface area (TPSA) is 78.8 Å². The molecule has 1 atom stereocenters. The van der Waals surface area contributed by atoms with Crippen LogP contribution in [0.1, 0.15) is 81.6 Å². The molecule has 1 aromatic carbocycles. The molecule has 7 heteroatoms. The van der Waals surface area contributed by atoms with Gasteiger partial charge in [-0.2, -0.15) is 0 Å². The zero-order valence-electron chi connectivity index (χ0n) is 25.6. The summed E-state index contributed by atoms with van der Waals surface area (Å²) in [5.41, 5.74) is 7.61. The zero-order valence-corrected chi connectivity index (χ0v) is 25.6. The summed E-state index contributed by atoms with van der Waals surface area (Å²) in [5, 5.41) is 10.4. The first-order valence-corrected chi connectivity index (χ1v) is 14.8. The summed E-state index contributed by atoms with van der Waals surface area (Å²) >= 11 is 0. The van der Waals surface area contributed by atoms with Gasteiger partial charge in [0.1, 0.15) is 5.82 Å². The Bertz CT molecular complexity index is 1420. The molecule has 41 heavy (non-hydrogen) atoms. The molecule has 0 amide bonds. The van der Waals surface area contributed by atoms with E-state index in [1.165, 1.54) is 11.1 Å². The minimum Gasteiger partial charge on any atom is -0.479 e. The number of rotatable bonds is 6. The van der Waals surface area contributed by atoms with Crippen molar-refractivity contribution in [3.05, 3.63) is 70.7 Å². The number of hydrogen-bond acceptors (Lipinski definition) is 6. The van der Waals surface area contributed by atoms with Gasteiger partial charge in [0.2, 0.25) is 0 Å². The molecule has 5 rings (SSSR count). The van der Waals surface area contributed by atoms with Gasteiger partial charge in [0.25, 0.3) is 0 Å². The SMILES string of the molecule is Cc1nc(C)c(C(OC(C)(C)C)C(=O)O)c(N2CCC(C)(C)CC2)c1-c1ccc2c(c1)CCN(c1ccccn1)C2. The van der Waals surface area contributed by atoms with E-state index < -0.39 is 17.7 Å². The normalized spacial score (nSPS) is 17.7. The fourth-order valence-electron chi connectivity index (χ4n) is 6.20. The van der Waals surface area contributed by atoms with Crippen molar-refractivity contribution < 1.29 is 14.6 Å². The van der Waals surface area contributed by atoms with Crippen LogP contribution in [0, 0.1) is 19.3 Å². The average molecular weight is 557 g/mol. The largest absolute Gasteiger partial charge is 0.479 e. The number of anilines is 2. The maximum Gasteiger partial charge on any atom is 0.337 e. The summed E-state index contributed by atoms with van der Waals surface area (Å²) in [4.78, 5) is 27.0. The Kier molecular flexibility index (Phi) is 7.86. The Morgan fingerprint density at radius 2 is 1.73 bits per heavy atom. The van der Waals surface area contributed by atoms with Crippen LogP contribution in [0.5, 0.6) is 0 Å². The second-order valence-corrected chi connectivity index (χ2v) is 13.4. The molecule has 3 aromatic rings. The highest BCUT2D eigenvalue weighted by molar-refractivity contribution is 5.88. The lowest BCUT2D eigenvalue weighted by Gasteiger charge is -2.41. The number of hydrogen-bond donors (Lipinski definition) is 1. The van der Waals surface area contributed by atoms with Crippen LogP contribution in [0.2, 0.25) is 0 Å². The first kappa shape index (κ1) is 29.1. The van der Waals surface area contributed by atoms with Gasteiger partial charge in [0.15, 0.2) is 6.10 Å². The lowest BCUT2D eigenvalue weighted by molar-refractivity contribution is -0.160. The van der Waals surface area contributed by atoms with Crippen molar-refractivity contribution in [2.75, 3.05) is 29.4 Å². The Labute approximate surface area is 244 Å². The third-order valence-electron chi connectivity index (χ3n) is 8.45. The molecule has 7 nitrogen and oxygen atoms in total. The first-order chi connectivity index (χ1) is 19.3. The average Bonchev–Trinajstić information content (AvgIpc) is 2.91. The van der Waals surface area contributed by atoms with Crippen LogP contribution in [0.4, 0.5) is 11.5 Å². The third-order valence-corrected chi connectivity index (χ3v) is 8.45. The van der Waals surface area contributed by atoms with E-state index in [-0.39, 0.29) is 5.41 Å². The number of aromatic nitrogens is 2. The Balaban J connectivity index is 1.63. The van der Waals surface area contributed by atoms with Crippen molar-refractivity contribution in [2.24, 2.45) is 5.41 Å². The lowest BCUT2D eigenvalue weighted by atomic mass is 9.81. The maximum absolute atomic E-state index is 12.8.